The Hall–Kier alpha value is -0.680. The summed E-state index contributed by atoms with van der Waals surface area (Å²) in [5.74, 6) is 0.995. The molecule has 0 aromatic carbocycles. The smallest absolute Gasteiger partial charge is 0.164 e. The van der Waals surface area contributed by atoms with Gasteiger partial charge in [0.15, 0.2) is 5.82 Å². The van der Waals surface area contributed by atoms with Crippen LogP contribution in [0, 0.1) is 0 Å². The lowest BCUT2D eigenvalue weighted by Gasteiger charge is -2.10. The van der Waals surface area contributed by atoms with E-state index in [9.17, 15) is 0 Å². The predicted molar refractivity (Wildman–Crippen MR) is 40.1 cm³/mol. The molecule has 0 radical (unpaired) electrons. The van der Waals surface area contributed by atoms with Gasteiger partial charge in [-0.1, -0.05) is 4.49 Å². The van der Waals surface area contributed by atoms with Crippen LogP contribution >= 0.6 is 11.5 Å². The molecule has 0 saturated carbocycles. The second-order valence-electron chi connectivity index (χ2n) is 2.18. The maximum absolute atomic E-state index is 3.95. The summed E-state index contributed by atoms with van der Waals surface area (Å²) in [6.45, 7) is 3.01. The van der Waals surface area contributed by atoms with Gasteiger partial charge >= 0.3 is 0 Å². The van der Waals surface area contributed by atoms with Gasteiger partial charge in [-0.3, -0.25) is 5.32 Å². The number of anilines is 1. The highest BCUT2D eigenvalue weighted by Gasteiger charge is 2.12. The number of hydrogen-bond donors (Lipinski definition) is 1. The molecule has 4 nitrogen and oxygen atoms in total. The number of hydrogen-bond acceptors (Lipinski definition) is 5. The molecule has 54 valence electrons. The summed E-state index contributed by atoms with van der Waals surface area (Å²) in [4.78, 5) is 2.17. The third-order valence-corrected chi connectivity index (χ3v) is 2.03. The monoisotopic (exact) mass is 156 g/mol. The second kappa shape index (κ2) is 2.51. The molecule has 1 aromatic heterocycles. The molecule has 5 heteroatoms. The lowest BCUT2D eigenvalue weighted by molar-refractivity contribution is 0.847. The van der Waals surface area contributed by atoms with Crippen molar-refractivity contribution >= 4 is 17.4 Å². The van der Waals surface area contributed by atoms with Gasteiger partial charge in [-0.2, -0.15) is 0 Å². The molecule has 0 bridgehead atoms. The Labute approximate surface area is 63.0 Å². The zero-order chi connectivity index (χ0) is 6.81. The van der Waals surface area contributed by atoms with Crippen LogP contribution in [-0.4, -0.2) is 29.3 Å². The minimum absolute atomic E-state index is 0.908. The Morgan fingerprint density at radius 1 is 1.70 bits per heavy atom. The highest BCUT2D eigenvalue weighted by Crippen LogP contribution is 2.11. The third kappa shape index (κ3) is 0.975. The summed E-state index contributed by atoms with van der Waals surface area (Å²) >= 11 is 1.40. The van der Waals surface area contributed by atoms with Crippen LogP contribution in [0.1, 0.15) is 0 Å². The second-order valence-corrected chi connectivity index (χ2v) is 2.79. The first-order valence-electron chi connectivity index (χ1n) is 3.19. The molecule has 10 heavy (non-hydrogen) atoms. The molecule has 0 amide bonds. The van der Waals surface area contributed by atoms with Crippen LogP contribution in [0.3, 0.4) is 0 Å². The molecule has 1 aliphatic heterocycles. The first-order chi connectivity index (χ1) is 4.97. The van der Waals surface area contributed by atoms with Crippen molar-refractivity contribution in [2.45, 2.75) is 0 Å². The standard InChI is InChI=1S/C5H8N4S/c1-2-9(4-6-1)5-3-10-8-7-5/h3,6H,1-2,4H2. The molecule has 1 aromatic rings. The van der Waals surface area contributed by atoms with Gasteiger partial charge in [-0.25, -0.2) is 0 Å². The zero-order valence-electron chi connectivity index (χ0n) is 5.45. The van der Waals surface area contributed by atoms with E-state index in [1.54, 1.807) is 0 Å². The van der Waals surface area contributed by atoms with Gasteiger partial charge in [0.05, 0.1) is 12.0 Å². The van der Waals surface area contributed by atoms with Crippen molar-refractivity contribution in [3.05, 3.63) is 5.38 Å². The van der Waals surface area contributed by atoms with E-state index >= 15 is 0 Å². The van der Waals surface area contributed by atoms with Crippen LogP contribution in [0.2, 0.25) is 0 Å². The molecule has 2 rings (SSSR count). The van der Waals surface area contributed by atoms with Crippen LogP contribution in [0.25, 0.3) is 0 Å². The molecule has 1 aliphatic rings. The van der Waals surface area contributed by atoms with Gasteiger partial charge < -0.3 is 4.90 Å². The Morgan fingerprint density at radius 3 is 3.30 bits per heavy atom. The molecular weight excluding hydrogens is 148 g/mol. The summed E-state index contributed by atoms with van der Waals surface area (Å²) in [5, 5.41) is 9.14. The topological polar surface area (TPSA) is 41.1 Å². The molecule has 0 aliphatic carbocycles. The van der Waals surface area contributed by atoms with Crippen molar-refractivity contribution in [1.82, 2.24) is 14.9 Å². The van der Waals surface area contributed by atoms with Crippen molar-refractivity contribution in [2.24, 2.45) is 0 Å². The molecule has 0 atom stereocenters. The quantitative estimate of drug-likeness (QED) is 0.616. The molecule has 1 N–H and O–H groups in total. The normalized spacial score (nSPS) is 18.2. The van der Waals surface area contributed by atoms with Crippen molar-refractivity contribution in [2.75, 3.05) is 24.7 Å². The van der Waals surface area contributed by atoms with Gasteiger partial charge in [-0.15, -0.1) is 5.10 Å². The minimum Gasteiger partial charge on any atom is -0.340 e. The van der Waals surface area contributed by atoms with E-state index in [0.717, 1.165) is 25.6 Å². The summed E-state index contributed by atoms with van der Waals surface area (Å²) in [7, 11) is 0. The lowest BCUT2D eigenvalue weighted by Crippen LogP contribution is -2.21. The van der Waals surface area contributed by atoms with Crippen molar-refractivity contribution in [3.63, 3.8) is 0 Å². The van der Waals surface area contributed by atoms with Gasteiger partial charge in [0.25, 0.3) is 0 Å². The van der Waals surface area contributed by atoms with E-state index in [1.165, 1.54) is 11.5 Å². The summed E-state index contributed by atoms with van der Waals surface area (Å²) in [5.41, 5.74) is 0. The third-order valence-electron chi connectivity index (χ3n) is 1.53. The van der Waals surface area contributed by atoms with Crippen molar-refractivity contribution in [3.8, 4) is 0 Å². The highest BCUT2D eigenvalue weighted by atomic mass is 32.1. The van der Waals surface area contributed by atoms with Crippen molar-refractivity contribution in [1.29, 1.82) is 0 Å². The van der Waals surface area contributed by atoms with Gasteiger partial charge in [0.1, 0.15) is 0 Å². The molecular formula is C5H8N4S. The van der Waals surface area contributed by atoms with Crippen LogP contribution in [0.4, 0.5) is 5.82 Å². The number of rotatable bonds is 1. The van der Waals surface area contributed by atoms with E-state index in [0.29, 0.717) is 0 Å². The summed E-state index contributed by atoms with van der Waals surface area (Å²) < 4.78 is 3.79. The minimum atomic E-state index is 0.908. The Morgan fingerprint density at radius 2 is 2.70 bits per heavy atom. The zero-order valence-corrected chi connectivity index (χ0v) is 6.27. The molecule has 1 saturated heterocycles. The molecule has 0 unspecified atom stereocenters. The average Bonchev–Trinajstić information content (AvgIpc) is 2.59. The number of nitrogens with zero attached hydrogens (tertiary/aromatic N) is 3. The van der Waals surface area contributed by atoms with Crippen LogP contribution in [0.5, 0.6) is 0 Å². The Balaban J connectivity index is 2.12. The number of aromatic nitrogens is 2. The van der Waals surface area contributed by atoms with Gasteiger partial charge in [0.2, 0.25) is 0 Å². The lowest BCUT2D eigenvalue weighted by atomic mass is 10.6. The van der Waals surface area contributed by atoms with E-state index in [-0.39, 0.29) is 0 Å². The molecule has 2 heterocycles. The summed E-state index contributed by atoms with van der Waals surface area (Å²) in [6.07, 6.45) is 0. The van der Waals surface area contributed by atoms with Gasteiger partial charge in [0, 0.05) is 13.1 Å². The van der Waals surface area contributed by atoms with Crippen LogP contribution in [-0.2, 0) is 0 Å². The summed E-state index contributed by atoms with van der Waals surface area (Å²) in [6, 6.07) is 0. The molecule has 0 spiro atoms. The van der Waals surface area contributed by atoms with Crippen LogP contribution in [0.15, 0.2) is 5.38 Å². The van der Waals surface area contributed by atoms with Crippen molar-refractivity contribution < 1.29 is 0 Å². The fourth-order valence-corrected chi connectivity index (χ4v) is 1.47. The Bertz CT molecular complexity index is 191. The van der Waals surface area contributed by atoms with E-state index < -0.39 is 0 Å². The fourth-order valence-electron chi connectivity index (χ4n) is 1.00. The maximum Gasteiger partial charge on any atom is 0.164 e. The van der Waals surface area contributed by atoms with Gasteiger partial charge in [-0.05, 0) is 11.5 Å². The first kappa shape index (κ1) is 6.06. The average molecular weight is 156 g/mol. The number of nitrogens with one attached hydrogen (secondary N) is 1. The predicted octanol–water partition coefficient (Wildman–Crippen LogP) is -0.0948. The first-order valence-corrected chi connectivity index (χ1v) is 4.03. The molecule has 1 fully saturated rings. The fraction of sp³-hybridized carbons (Fsp3) is 0.600. The SMILES string of the molecule is c1snnc1N1CCNC1. The van der Waals surface area contributed by atoms with Crippen LogP contribution < -0.4 is 10.2 Å². The Kier molecular flexibility index (Phi) is 1.52. The highest BCUT2D eigenvalue weighted by molar-refractivity contribution is 7.03. The van der Waals surface area contributed by atoms with E-state index in [1.807, 2.05) is 5.38 Å². The van der Waals surface area contributed by atoms with E-state index in [4.69, 9.17) is 0 Å². The largest absolute Gasteiger partial charge is 0.340 e. The van der Waals surface area contributed by atoms with E-state index in [2.05, 4.69) is 19.8 Å². The maximum atomic E-state index is 3.95.